The fraction of sp³-hybridized carbons (Fsp3) is 0.500. The van der Waals surface area contributed by atoms with Gasteiger partial charge in [0.2, 0.25) is 0 Å². The predicted molar refractivity (Wildman–Crippen MR) is 89.4 cm³/mol. The van der Waals surface area contributed by atoms with Crippen LogP contribution >= 0.6 is 23.2 Å². The first kappa shape index (κ1) is 17.9. The Morgan fingerprint density at radius 3 is 2.65 bits per heavy atom. The average Bonchev–Trinajstić information content (AvgIpc) is 2.51. The van der Waals surface area contributed by atoms with E-state index in [9.17, 15) is 9.59 Å². The molecule has 0 saturated heterocycles. The van der Waals surface area contributed by atoms with E-state index in [4.69, 9.17) is 27.9 Å². The standard InChI is InChI=1S/C16H19Cl2NO4/c1-8(2)14-16(21)19(6-5-12(20)22-4)11-7-10(17)9(3)13(18)15(11)23-14/h7-8,14H,5-6H2,1-4H3. The van der Waals surface area contributed by atoms with Crippen LogP contribution in [0.25, 0.3) is 0 Å². The predicted octanol–water partition coefficient (Wildman–Crippen LogP) is 3.61. The van der Waals surface area contributed by atoms with Crippen molar-refractivity contribution in [2.75, 3.05) is 18.6 Å². The maximum Gasteiger partial charge on any atom is 0.307 e. The topological polar surface area (TPSA) is 55.8 Å². The number of benzene rings is 1. The van der Waals surface area contributed by atoms with Gasteiger partial charge in [-0.3, -0.25) is 9.59 Å². The number of methoxy groups -OCH3 is 1. The molecular weight excluding hydrogens is 341 g/mol. The smallest absolute Gasteiger partial charge is 0.307 e. The lowest BCUT2D eigenvalue weighted by atomic mass is 10.0. The molecular formula is C16H19Cl2NO4. The van der Waals surface area contributed by atoms with Crippen molar-refractivity contribution < 1.29 is 19.1 Å². The molecule has 1 aliphatic rings. The quantitative estimate of drug-likeness (QED) is 0.770. The highest BCUT2D eigenvalue weighted by atomic mass is 35.5. The van der Waals surface area contributed by atoms with Crippen molar-refractivity contribution in [2.45, 2.75) is 33.3 Å². The van der Waals surface area contributed by atoms with E-state index in [0.29, 0.717) is 27.0 Å². The van der Waals surface area contributed by atoms with Crippen molar-refractivity contribution in [1.82, 2.24) is 0 Å². The summed E-state index contributed by atoms with van der Waals surface area (Å²) in [5.74, 6) is -0.219. The zero-order valence-electron chi connectivity index (χ0n) is 13.5. The van der Waals surface area contributed by atoms with Crippen molar-refractivity contribution in [3.8, 4) is 5.75 Å². The van der Waals surface area contributed by atoms with Gasteiger partial charge in [-0.05, 0) is 24.5 Å². The Bertz CT molecular complexity index is 645. The number of fused-ring (bicyclic) bond motifs is 1. The molecule has 0 N–H and O–H groups in total. The van der Waals surface area contributed by atoms with E-state index < -0.39 is 12.1 Å². The molecule has 5 nitrogen and oxygen atoms in total. The van der Waals surface area contributed by atoms with Crippen LogP contribution in [0, 0.1) is 12.8 Å². The highest BCUT2D eigenvalue weighted by molar-refractivity contribution is 6.38. The number of rotatable bonds is 4. The highest BCUT2D eigenvalue weighted by Gasteiger charge is 2.38. The monoisotopic (exact) mass is 359 g/mol. The first-order valence-electron chi connectivity index (χ1n) is 7.31. The molecule has 1 atom stereocenters. The maximum absolute atomic E-state index is 12.7. The zero-order valence-corrected chi connectivity index (χ0v) is 15.0. The van der Waals surface area contributed by atoms with Crippen LogP contribution in [0.4, 0.5) is 5.69 Å². The third-order valence-corrected chi connectivity index (χ3v) is 4.65. The summed E-state index contributed by atoms with van der Waals surface area (Å²) in [4.78, 5) is 25.6. The SMILES string of the molecule is COC(=O)CCN1C(=O)C(C(C)C)Oc2c1cc(Cl)c(C)c2Cl. The van der Waals surface area contributed by atoms with E-state index in [1.54, 1.807) is 13.0 Å². The van der Waals surface area contributed by atoms with Crippen molar-refractivity contribution in [2.24, 2.45) is 5.92 Å². The van der Waals surface area contributed by atoms with Crippen LogP contribution in [0.5, 0.6) is 5.75 Å². The average molecular weight is 360 g/mol. The summed E-state index contributed by atoms with van der Waals surface area (Å²) in [7, 11) is 1.31. The number of hydrogen-bond donors (Lipinski definition) is 0. The van der Waals surface area contributed by atoms with E-state index >= 15 is 0 Å². The summed E-state index contributed by atoms with van der Waals surface area (Å²) in [5, 5.41) is 0.824. The number of carbonyl (C=O) groups excluding carboxylic acids is 2. The number of anilines is 1. The van der Waals surface area contributed by atoms with Crippen molar-refractivity contribution in [3.05, 3.63) is 21.7 Å². The molecule has 0 aromatic heterocycles. The number of esters is 1. The Labute approximate surface area is 145 Å². The minimum atomic E-state index is -0.654. The van der Waals surface area contributed by atoms with E-state index in [1.807, 2.05) is 13.8 Å². The molecule has 1 aromatic carbocycles. The van der Waals surface area contributed by atoms with Gasteiger partial charge in [0.05, 0.1) is 24.2 Å². The molecule has 2 rings (SSSR count). The Kier molecular flexibility index (Phi) is 5.42. The molecule has 0 bridgehead atoms. The Morgan fingerprint density at radius 1 is 1.43 bits per heavy atom. The van der Waals surface area contributed by atoms with Crippen molar-refractivity contribution in [1.29, 1.82) is 0 Å². The van der Waals surface area contributed by atoms with Crippen LogP contribution in [0.15, 0.2) is 6.07 Å². The van der Waals surface area contributed by atoms with Crippen LogP contribution in [0.3, 0.4) is 0 Å². The Hall–Kier alpha value is -1.46. The molecule has 0 saturated carbocycles. The molecule has 1 heterocycles. The summed E-state index contributed by atoms with van der Waals surface area (Å²) in [6, 6.07) is 1.64. The van der Waals surface area contributed by atoms with Gasteiger partial charge >= 0.3 is 5.97 Å². The summed E-state index contributed by atoms with van der Waals surface area (Å²) < 4.78 is 10.5. The Morgan fingerprint density at radius 2 is 2.09 bits per heavy atom. The third-order valence-electron chi connectivity index (χ3n) is 3.80. The number of amides is 1. The number of ether oxygens (including phenoxy) is 2. The largest absolute Gasteiger partial charge is 0.477 e. The summed E-state index contributed by atoms with van der Waals surface area (Å²) in [5.41, 5.74) is 1.17. The molecule has 1 amide bonds. The van der Waals surface area contributed by atoms with Crippen molar-refractivity contribution in [3.63, 3.8) is 0 Å². The second-order valence-electron chi connectivity index (χ2n) is 5.74. The van der Waals surface area contributed by atoms with Crippen LogP contribution < -0.4 is 9.64 Å². The lowest BCUT2D eigenvalue weighted by Gasteiger charge is -2.36. The van der Waals surface area contributed by atoms with Crippen molar-refractivity contribution >= 4 is 40.8 Å². The van der Waals surface area contributed by atoms with Gasteiger partial charge in [-0.15, -0.1) is 0 Å². The van der Waals surface area contributed by atoms with Gasteiger partial charge in [-0.1, -0.05) is 37.0 Å². The van der Waals surface area contributed by atoms with Gasteiger partial charge in [-0.2, -0.15) is 0 Å². The van der Waals surface area contributed by atoms with Gasteiger partial charge in [0.15, 0.2) is 11.9 Å². The summed E-state index contributed by atoms with van der Waals surface area (Å²) >= 11 is 12.5. The molecule has 126 valence electrons. The molecule has 0 radical (unpaired) electrons. The van der Waals surface area contributed by atoms with Gasteiger partial charge in [0, 0.05) is 11.6 Å². The number of nitrogens with zero attached hydrogens (tertiary/aromatic N) is 1. The second-order valence-corrected chi connectivity index (χ2v) is 6.53. The molecule has 7 heteroatoms. The van der Waals surface area contributed by atoms with E-state index in [2.05, 4.69) is 4.74 Å². The van der Waals surface area contributed by atoms with Crippen LogP contribution in [-0.2, 0) is 14.3 Å². The summed E-state index contributed by atoms with van der Waals surface area (Å²) in [6.45, 7) is 5.75. The highest BCUT2D eigenvalue weighted by Crippen LogP contribution is 2.45. The minimum Gasteiger partial charge on any atom is -0.477 e. The first-order chi connectivity index (χ1) is 10.8. The molecule has 0 fully saturated rings. The van der Waals surface area contributed by atoms with Gasteiger partial charge in [-0.25, -0.2) is 0 Å². The number of carbonyl (C=O) groups is 2. The lowest BCUT2D eigenvalue weighted by Crippen LogP contribution is -2.49. The second kappa shape index (κ2) is 6.97. The van der Waals surface area contributed by atoms with Gasteiger partial charge in [0.1, 0.15) is 0 Å². The van der Waals surface area contributed by atoms with E-state index in [0.717, 1.165) is 0 Å². The maximum atomic E-state index is 12.7. The normalized spacial score (nSPS) is 17.1. The number of halogens is 2. The number of hydrogen-bond acceptors (Lipinski definition) is 4. The van der Waals surface area contributed by atoms with Gasteiger partial charge in [0.25, 0.3) is 5.91 Å². The van der Waals surface area contributed by atoms with Gasteiger partial charge < -0.3 is 14.4 Å². The molecule has 1 aromatic rings. The molecule has 1 aliphatic heterocycles. The fourth-order valence-electron chi connectivity index (χ4n) is 2.40. The third kappa shape index (κ3) is 3.40. The Balaban J connectivity index is 2.48. The van der Waals surface area contributed by atoms with Crippen LogP contribution in [0.1, 0.15) is 25.8 Å². The molecule has 1 unspecified atom stereocenters. The van der Waals surface area contributed by atoms with E-state index in [1.165, 1.54) is 12.0 Å². The summed E-state index contributed by atoms with van der Waals surface area (Å²) in [6.07, 6.45) is -0.575. The van der Waals surface area contributed by atoms with Crippen LogP contribution in [0.2, 0.25) is 10.0 Å². The first-order valence-corrected chi connectivity index (χ1v) is 8.07. The van der Waals surface area contributed by atoms with Crippen LogP contribution in [-0.4, -0.2) is 31.6 Å². The molecule has 0 spiro atoms. The molecule has 0 aliphatic carbocycles. The molecule has 23 heavy (non-hydrogen) atoms. The van der Waals surface area contributed by atoms with E-state index in [-0.39, 0.29) is 24.8 Å². The minimum absolute atomic E-state index is 0.0386. The lowest BCUT2D eigenvalue weighted by molar-refractivity contribution is -0.140. The zero-order chi connectivity index (χ0) is 17.3. The fourth-order valence-corrected chi connectivity index (χ4v) is 2.89.